The van der Waals surface area contributed by atoms with Gasteiger partial charge in [0.1, 0.15) is 0 Å². The van der Waals surface area contributed by atoms with Crippen molar-refractivity contribution >= 4 is 27.3 Å². The first-order chi connectivity index (χ1) is 10.3. The number of carbonyl (C=O) groups is 1. The third kappa shape index (κ3) is 3.82. The van der Waals surface area contributed by atoms with Gasteiger partial charge in [-0.05, 0) is 30.9 Å². The van der Waals surface area contributed by atoms with E-state index in [0.717, 1.165) is 12.0 Å². The van der Waals surface area contributed by atoms with Crippen LogP contribution < -0.4 is 0 Å². The van der Waals surface area contributed by atoms with Gasteiger partial charge in [0.2, 0.25) is 5.91 Å². The number of rotatable bonds is 6. The highest BCUT2D eigenvalue weighted by Crippen LogP contribution is 2.50. The molecule has 0 aromatic heterocycles. The lowest BCUT2D eigenvalue weighted by molar-refractivity contribution is -0.132. The highest BCUT2D eigenvalue weighted by atomic mass is 35.5. The summed E-state index contributed by atoms with van der Waals surface area (Å²) in [6, 6.07) is 7.25. The summed E-state index contributed by atoms with van der Waals surface area (Å²) in [5.74, 6) is 0.180. The monoisotopic (exact) mass is 343 g/mol. The minimum absolute atomic E-state index is 0.00345. The number of benzene rings is 1. The Kier molecular flexibility index (Phi) is 5.17. The fourth-order valence-corrected chi connectivity index (χ4v) is 4.13. The van der Waals surface area contributed by atoms with E-state index >= 15 is 0 Å². The molecule has 122 valence electrons. The number of amides is 1. The third-order valence-corrected chi connectivity index (χ3v) is 6.57. The Morgan fingerprint density at radius 1 is 1.41 bits per heavy atom. The predicted octanol–water partition coefficient (Wildman–Crippen LogP) is 2.73. The lowest BCUT2D eigenvalue weighted by Crippen LogP contribution is -2.40. The zero-order valence-corrected chi connectivity index (χ0v) is 14.7. The molecule has 1 aliphatic rings. The Morgan fingerprint density at radius 3 is 2.64 bits per heavy atom. The van der Waals surface area contributed by atoms with Crippen LogP contribution in [0.3, 0.4) is 0 Å². The average Bonchev–Trinajstić information content (AvgIpc) is 3.26. The summed E-state index contributed by atoms with van der Waals surface area (Å²) in [6.07, 6.45) is 0.778. The Hall–Kier alpha value is -1.07. The molecule has 3 atom stereocenters. The first-order valence-electron chi connectivity index (χ1n) is 7.48. The molecule has 0 spiro atoms. The van der Waals surface area contributed by atoms with Gasteiger partial charge >= 0.3 is 0 Å². The lowest BCUT2D eigenvalue weighted by Gasteiger charge is -2.25. The van der Waals surface area contributed by atoms with Crippen LogP contribution in [0, 0.1) is 5.92 Å². The number of sulfone groups is 1. The second kappa shape index (κ2) is 6.59. The van der Waals surface area contributed by atoms with Gasteiger partial charge in [0.15, 0.2) is 9.84 Å². The smallest absolute Gasteiger partial charge is 0.226 e. The number of carbonyl (C=O) groups excluding carboxylic acids is 1. The van der Waals surface area contributed by atoms with Crippen LogP contribution in [0.2, 0.25) is 5.02 Å². The fraction of sp³-hybridized carbons (Fsp3) is 0.562. The van der Waals surface area contributed by atoms with Crippen LogP contribution in [-0.2, 0) is 14.6 Å². The van der Waals surface area contributed by atoms with Crippen molar-refractivity contribution in [3.63, 3.8) is 0 Å². The topological polar surface area (TPSA) is 54.5 Å². The maximum absolute atomic E-state index is 12.5. The van der Waals surface area contributed by atoms with E-state index in [0.29, 0.717) is 5.02 Å². The lowest BCUT2D eigenvalue weighted by atomic mass is 10.1. The van der Waals surface area contributed by atoms with Crippen molar-refractivity contribution in [2.24, 2.45) is 5.92 Å². The molecule has 1 aromatic rings. The van der Waals surface area contributed by atoms with Crippen molar-refractivity contribution in [2.75, 3.05) is 18.6 Å². The summed E-state index contributed by atoms with van der Waals surface area (Å²) in [5, 5.41) is 0.687. The summed E-state index contributed by atoms with van der Waals surface area (Å²) >= 11 is 6.17. The van der Waals surface area contributed by atoms with E-state index in [2.05, 4.69) is 0 Å². The van der Waals surface area contributed by atoms with Gasteiger partial charge in [-0.25, -0.2) is 8.42 Å². The average molecular weight is 344 g/mol. The van der Waals surface area contributed by atoms with Gasteiger partial charge in [0.05, 0.1) is 5.75 Å². The molecular formula is C16H22ClNO3S. The maximum Gasteiger partial charge on any atom is 0.226 e. The van der Waals surface area contributed by atoms with Gasteiger partial charge in [-0.2, -0.15) is 0 Å². The summed E-state index contributed by atoms with van der Waals surface area (Å²) in [5.41, 5.74) is 1.00. The SMILES string of the molecule is CCS(=O)(=O)C[C@@H](C)N(C)C(=O)[C@H]1C[C@@H]1c1ccccc1Cl. The maximum atomic E-state index is 12.5. The second-order valence-electron chi connectivity index (χ2n) is 5.97. The molecule has 0 heterocycles. The molecule has 22 heavy (non-hydrogen) atoms. The molecule has 0 radical (unpaired) electrons. The first-order valence-corrected chi connectivity index (χ1v) is 9.68. The minimum Gasteiger partial charge on any atom is -0.342 e. The molecule has 0 bridgehead atoms. The molecule has 2 rings (SSSR count). The molecular weight excluding hydrogens is 322 g/mol. The minimum atomic E-state index is -3.09. The van der Waals surface area contributed by atoms with Crippen molar-refractivity contribution in [3.05, 3.63) is 34.9 Å². The summed E-state index contributed by atoms with van der Waals surface area (Å²) in [7, 11) is -1.41. The van der Waals surface area contributed by atoms with Crippen molar-refractivity contribution in [1.29, 1.82) is 0 Å². The van der Waals surface area contributed by atoms with Crippen LogP contribution in [0.25, 0.3) is 0 Å². The summed E-state index contributed by atoms with van der Waals surface area (Å²) < 4.78 is 23.4. The Morgan fingerprint density at radius 2 is 2.05 bits per heavy atom. The molecule has 4 nitrogen and oxygen atoms in total. The van der Waals surface area contributed by atoms with Gasteiger partial charge in [-0.1, -0.05) is 36.7 Å². The number of hydrogen-bond acceptors (Lipinski definition) is 3. The fourth-order valence-electron chi connectivity index (χ4n) is 2.66. The normalized spacial score (nSPS) is 22.2. The molecule has 1 saturated carbocycles. The zero-order valence-electron chi connectivity index (χ0n) is 13.1. The van der Waals surface area contributed by atoms with Gasteiger partial charge < -0.3 is 4.90 Å². The van der Waals surface area contributed by atoms with Crippen LogP contribution in [0.1, 0.15) is 31.7 Å². The Labute approximate surface area is 137 Å². The van der Waals surface area contributed by atoms with E-state index in [1.807, 2.05) is 24.3 Å². The number of halogens is 1. The van der Waals surface area contributed by atoms with Crippen LogP contribution in [0.4, 0.5) is 0 Å². The molecule has 1 amide bonds. The van der Waals surface area contributed by atoms with Crippen molar-refractivity contribution < 1.29 is 13.2 Å². The van der Waals surface area contributed by atoms with Gasteiger partial charge in [0, 0.05) is 29.8 Å². The molecule has 6 heteroatoms. The summed E-state index contributed by atoms with van der Waals surface area (Å²) in [6.45, 7) is 3.40. The van der Waals surface area contributed by atoms with E-state index in [1.165, 1.54) is 0 Å². The number of hydrogen-bond donors (Lipinski definition) is 0. The van der Waals surface area contributed by atoms with Crippen molar-refractivity contribution in [1.82, 2.24) is 4.90 Å². The molecule has 0 N–H and O–H groups in total. The quantitative estimate of drug-likeness (QED) is 0.798. The van der Waals surface area contributed by atoms with Crippen LogP contribution in [0.5, 0.6) is 0 Å². The Bertz CT molecular complexity index is 659. The predicted molar refractivity (Wildman–Crippen MR) is 88.9 cm³/mol. The highest BCUT2D eigenvalue weighted by molar-refractivity contribution is 7.91. The summed E-state index contributed by atoms with van der Waals surface area (Å²) in [4.78, 5) is 14.1. The van der Waals surface area contributed by atoms with Crippen LogP contribution >= 0.6 is 11.6 Å². The molecule has 1 fully saturated rings. The van der Waals surface area contributed by atoms with Crippen LogP contribution in [0.15, 0.2) is 24.3 Å². The van der Waals surface area contributed by atoms with Gasteiger partial charge in [-0.15, -0.1) is 0 Å². The zero-order chi connectivity index (χ0) is 16.5. The van der Waals surface area contributed by atoms with Gasteiger partial charge in [0.25, 0.3) is 0 Å². The van der Waals surface area contributed by atoms with Crippen molar-refractivity contribution in [2.45, 2.75) is 32.2 Å². The largest absolute Gasteiger partial charge is 0.342 e. The molecule has 1 aromatic carbocycles. The van der Waals surface area contributed by atoms with E-state index in [-0.39, 0.29) is 35.3 Å². The first kappa shape index (κ1) is 17.3. The molecule has 0 saturated heterocycles. The van der Waals surface area contributed by atoms with Crippen molar-refractivity contribution in [3.8, 4) is 0 Å². The molecule has 0 aliphatic heterocycles. The van der Waals surface area contributed by atoms with E-state index < -0.39 is 9.84 Å². The highest BCUT2D eigenvalue weighted by Gasteiger charge is 2.46. The van der Waals surface area contributed by atoms with E-state index in [1.54, 1.807) is 25.8 Å². The van der Waals surface area contributed by atoms with E-state index in [9.17, 15) is 13.2 Å². The third-order valence-electron chi connectivity index (χ3n) is 4.36. The van der Waals surface area contributed by atoms with Crippen LogP contribution in [-0.4, -0.2) is 43.8 Å². The molecule has 0 unspecified atom stereocenters. The van der Waals surface area contributed by atoms with E-state index in [4.69, 9.17) is 11.6 Å². The number of nitrogens with zero attached hydrogens (tertiary/aromatic N) is 1. The Balaban J connectivity index is 2.00. The molecule has 1 aliphatic carbocycles. The second-order valence-corrected chi connectivity index (χ2v) is 8.77. The van der Waals surface area contributed by atoms with Gasteiger partial charge in [-0.3, -0.25) is 4.79 Å². The standard InChI is InChI=1S/C16H22ClNO3S/c1-4-22(20,21)10-11(2)18(3)16(19)14-9-13(14)12-7-5-6-8-15(12)17/h5-8,11,13-14H,4,9-10H2,1-3H3/t11-,13-,14+/m1/s1.